The van der Waals surface area contributed by atoms with E-state index in [1.165, 1.54) is 11.1 Å². The molecule has 0 saturated carbocycles. The number of amides is 1. The number of phenolic OH excluding ortho intramolecular Hbond substituents is 1. The first kappa shape index (κ1) is 34.0. The molecule has 0 saturated heterocycles. The van der Waals surface area contributed by atoms with E-state index in [1.54, 1.807) is 12.1 Å². The van der Waals surface area contributed by atoms with Crippen LogP contribution >= 0.6 is 12.2 Å². The summed E-state index contributed by atoms with van der Waals surface area (Å²) in [5.41, 5.74) is 3.77. The lowest BCUT2D eigenvalue weighted by Gasteiger charge is -2.30. The Hall–Kier alpha value is -3.90. The maximum atomic E-state index is 13.2. The van der Waals surface area contributed by atoms with Crippen LogP contribution < -0.4 is 14.8 Å². The van der Waals surface area contributed by atoms with Gasteiger partial charge in [-0.3, -0.25) is 4.79 Å². The molecular formula is C39H47NO4S. The molecule has 0 spiro atoms. The number of unbranched alkanes of at least 4 members (excludes halogenated alkanes) is 1. The molecule has 0 aliphatic heterocycles. The van der Waals surface area contributed by atoms with Gasteiger partial charge in [-0.15, -0.1) is 0 Å². The molecule has 0 aromatic heterocycles. The van der Waals surface area contributed by atoms with Crippen molar-refractivity contribution in [1.29, 1.82) is 0 Å². The fraction of sp³-hybridized carbons (Fsp3) is 0.385. The van der Waals surface area contributed by atoms with E-state index in [-0.39, 0.29) is 34.7 Å². The number of carbonyl (C=O) groups excluding carboxylic acids is 1. The highest BCUT2D eigenvalue weighted by molar-refractivity contribution is 7.80. The van der Waals surface area contributed by atoms with Crippen LogP contribution in [-0.2, 0) is 10.8 Å². The van der Waals surface area contributed by atoms with E-state index in [4.69, 9.17) is 21.7 Å². The zero-order valence-electron chi connectivity index (χ0n) is 27.5. The second-order valence-electron chi connectivity index (χ2n) is 12.9. The van der Waals surface area contributed by atoms with E-state index in [0.29, 0.717) is 29.2 Å². The number of hydrogen-bond donors (Lipinski definition) is 2. The predicted octanol–water partition coefficient (Wildman–Crippen LogP) is 9.31. The zero-order valence-corrected chi connectivity index (χ0v) is 28.4. The second kappa shape index (κ2) is 14.9. The average Bonchev–Trinajstić information content (AvgIpc) is 3.06. The highest BCUT2D eigenvalue weighted by atomic mass is 32.1. The fourth-order valence-corrected chi connectivity index (χ4v) is 5.37. The Balaban J connectivity index is 1.37. The highest BCUT2D eigenvalue weighted by Gasteiger charge is 2.26. The first-order valence-electron chi connectivity index (χ1n) is 16.0. The van der Waals surface area contributed by atoms with Gasteiger partial charge in [0.05, 0.1) is 17.0 Å². The Labute approximate surface area is 274 Å². The lowest BCUT2D eigenvalue weighted by Crippen LogP contribution is -2.25. The summed E-state index contributed by atoms with van der Waals surface area (Å²) >= 11 is 5.57. The molecule has 6 heteroatoms. The Morgan fingerprint density at radius 2 is 1.47 bits per heavy atom. The van der Waals surface area contributed by atoms with Crippen LogP contribution in [0.4, 0.5) is 0 Å². The van der Waals surface area contributed by atoms with Crippen LogP contribution in [0, 0.1) is 0 Å². The largest absolute Gasteiger partial charge is 0.506 e. The topological polar surface area (TPSA) is 67.8 Å². The molecule has 0 heterocycles. The van der Waals surface area contributed by atoms with Crippen molar-refractivity contribution in [3.63, 3.8) is 0 Å². The molecule has 4 aromatic rings. The summed E-state index contributed by atoms with van der Waals surface area (Å²) in [5.74, 6) is 1.02. The molecule has 0 aliphatic rings. The summed E-state index contributed by atoms with van der Waals surface area (Å²) in [4.78, 5) is 13.9. The number of phenols is 1. The summed E-state index contributed by atoms with van der Waals surface area (Å²) in [6, 6.07) is 25.3. The first-order chi connectivity index (χ1) is 21.5. The lowest BCUT2D eigenvalue weighted by atomic mass is 9.76. The van der Waals surface area contributed by atoms with Gasteiger partial charge in [0.15, 0.2) is 0 Å². The van der Waals surface area contributed by atoms with Crippen molar-refractivity contribution in [2.75, 3.05) is 19.8 Å². The van der Waals surface area contributed by atoms with Crippen LogP contribution in [0.2, 0.25) is 0 Å². The third kappa shape index (κ3) is 8.23. The van der Waals surface area contributed by atoms with Crippen molar-refractivity contribution in [1.82, 2.24) is 5.32 Å². The molecule has 0 unspecified atom stereocenters. The van der Waals surface area contributed by atoms with Crippen molar-refractivity contribution in [2.45, 2.75) is 78.1 Å². The van der Waals surface area contributed by atoms with Crippen LogP contribution in [-0.4, -0.2) is 35.6 Å². The van der Waals surface area contributed by atoms with Gasteiger partial charge in [0, 0.05) is 22.9 Å². The summed E-state index contributed by atoms with van der Waals surface area (Å²) in [5, 5.41) is 15.2. The standard InChI is InChI=1S/C39H47NO4S/c1-7-38(3,4)28-20-21-33(32(24-28)39(5,6)8-2)43-23-15-14-22-40-37(42)31-25-34(29-18-12-13-19-30(29)36(31)41)44-26-35(45)27-16-10-9-11-17-27/h9-13,16-21,24-25,41H,7-8,14-15,22-23,26H2,1-6H3,(H,40,42). The quantitative estimate of drug-likeness (QED) is 0.0783. The van der Waals surface area contributed by atoms with Gasteiger partial charge < -0.3 is 19.9 Å². The number of rotatable bonds is 15. The van der Waals surface area contributed by atoms with Crippen molar-refractivity contribution in [3.8, 4) is 17.2 Å². The maximum absolute atomic E-state index is 13.2. The number of ether oxygens (including phenoxy) is 2. The van der Waals surface area contributed by atoms with Gasteiger partial charge >= 0.3 is 0 Å². The number of thiocarbonyl (C=S) groups is 1. The summed E-state index contributed by atoms with van der Waals surface area (Å²) in [6.45, 7) is 14.7. The molecule has 0 bridgehead atoms. The van der Waals surface area contributed by atoms with Gasteiger partial charge in [-0.05, 0) is 59.8 Å². The minimum atomic E-state index is -0.351. The minimum absolute atomic E-state index is 0.0000257. The second-order valence-corrected chi connectivity index (χ2v) is 13.4. The van der Waals surface area contributed by atoms with Crippen LogP contribution in [0.1, 0.15) is 94.3 Å². The number of hydrogen-bond acceptors (Lipinski definition) is 5. The van der Waals surface area contributed by atoms with Crippen LogP contribution in [0.5, 0.6) is 17.2 Å². The predicted molar refractivity (Wildman–Crippen MR) is 189 cm³/mol. The third-order valence-electron chi connectivity index (χ3n) is 9.05. The zero-order chi connectivity index (χ0) is 32.6. The van der Waals surface area contributed by atoms with E-state index in [9.17, 15) is 9.90 Å². The normalized spacial score (nSPS) is 11.8. The molecular weight excluding hydrogens is 578 g/mol. The van der Waals surface area contributed by atoms with Gasteiger partial charge in [0.25, 0.3) is 5.91 Å². The minimum Gasteiger partial charge on any atom is -0.506 e. The van der Waals surface area contributed by atoms with Crippen molar-refractivity contribution in [2.24, 2.45) is 0 Å². The molecule has 0 radical (unpaired) electrons. The van der Waals surface area contributed by atoms with Crippen molar-refractivity contribution < 1.29 is 19.4 Å². The molecule has 2 N–H and O–H groups in total. The third-order valence-corrected chi connectivity index (χ3v) is 9.40. The van der Waals surface area contributed by atoms with Crippen molar-refractivity contribution >= 4 is 33.8 Å². The Bertz CT molecular complexity index is 1630. The Morgan fingerprint density at radius 3 is 2.16 bits per heavy atom. The van der Waals surface area contributed by atoms with Gasteiger partial charge in [0.2, 0.25) is 0 Å². The maximum Gasteiger partial charge on any atom is 0.255 e. The van der Waals surface area contributed by atoms with Gasteiger partial charge in [-0.2, -0.15) is 0 Å². The van der Waals surface area contributed by atoms with E-state index < -0.39 is 0 Å². The fourth-order valence-electron chi connectivity index (χ4n) is 5.18. The molecule has 4 rings (SSSR count). The molecule has 4 aromatic carbocycles. The Kier molecular flexibility index (Phi) is 11.3. The van der Waals surface area contributed by atoms with Gasteiger partial charge in [0.1, 0.15) is 23.9 Å². The summed E-state index contributed by atoms with van der Waals surface area (Å²) < 4.78 is 12.4. The highest BCUT2D eigenvalue weighted by Crippen LogP contribution is 2.39. The van der Waals surface area contributed by atoms with Gasteiger partial charge in [-0.1, -0.05) is 120 Å². The number of benzene rings is 4. The van der Waals surface area contributed by atoms with E-state index >= 15 is 0 Å². The lowest BCUT2D eigenvalue weighted by molar-refractivity contribution is 0.0949. The smallest absolute Gasteiger partial charge is 0.255 e. The molecule has 5 nitrogen and oxygen atoms in total. The molecule has 1 amide bonds. The molecule has 0 fully saturated rings. The van der Waals surface area contributed by atoms with Crippen molar-refractivity contribution in [3.05, 3.63) is 101 Å². The van der Waals surface area contributed by atoms with Gasteiger partial charge in [-0.25, -0.2) is 0 Å². The number of carbonyl (C=O) groups is 1. The number of fused-ring (bicyclic) bond motifs is 1. The molecule has 0 atom stereocenters. The van der Waals surface area contributed by atoms with E-state index in [1.807, 2.05) is 48.5 Å². The number of aromatic hydroxyl groups is 1. The molecule has 238 valence electrons. The average molecular weight is 626 g/mol. The van der Waals surface area contributed by atoms with E-state index in [0.717, 1.165) is 42.4 Å². The Morgan fingerprint density at radius 1 is 0.800 bits per heavy atom. The SMILES string of the molecule is CCC(C)(C)c1ccc(OCCCCNC(=O)c2cc(OCC(=S)c3ccccc3)c3ccccc3c2O)c(C(C)(C)CC)c1. The van der Waals surface area contributed by atoms with E-state index in [2.05, 4.69) is 65.1 Å². The molecule has 45 heavy (non-hydrogen) atoms. The van der Waals surface area contributed by atoms with Crippen LogP contribution in [0.25, 0.3) is 10.8 Å². The summed E-state index contributed by atoms with van der Waals surface area (Å²) in [7, 11) is 0. The van der Waals surface area contributed by atoms with Crippen LogP contribution in [0.3, 0.4) is 0 Å². The van der Waals surface area contributed by atoms with Crippen LogP contribution in [0.15, 0.2) is 78.9 Å². The monoisotopic (exact) mass is 625 g/mol. The number of nitrogens with one attached hydrogen (secondary N) is 1. The summed E-state index contributed by atoms with van der Waals surface area (Å²) in [6.07, 6.45) is 3.60. The first-order valence-corrected chi connectivity index (χ1v) is 16.4. The molecule has 0 aliphatic carbocycles.